The van der Waals surface area contributed by atoms with Crippen molar-refractivity contribution in [1.82, 2.24) is 0 Å². The molecule has 0 aliphatic heterocycles. The van der Waals surface area contributed by atoms with E-state index in [-0.39, 0.29) is 0 Å². The van der Waals surface area contributed by atoms with Crippen LogP contribution in [0, 0.1) is 0 Å². The van der Waals surface area contributed by atoms with Crippen LogP contribution in [0.3, 0.4) is 0 Å². The van der Waals surface area contributed by atoms with Gasteiger partial charge in [-0.25, -0.2) is 0 Å². The molecule has 2 nitrogen and oxygen atoms in total. The molecule has 0 bridgehead atoms. The summed E-state index contributed by atoms with van der Waals surface area (Å²) in [6.07, 6.45) is 16.3. The molecule has 0 aromatic heterocycles. The van der Waals surface area contributed by atoms with Gasteiger partial charge in [-0.05, 0) is 24.0 Å². The summed E-state index contributed by atoms with van der Waals surface area (Å²) in [4.78, 5) is 0. The maximum atomic E-state index is 11.7. The molecule has 2 unspecified atom stereocenters. The number of hydrogen-bond donors (Lipinski definition) is 2. The van der Waals surface area contributed by atoms with Gasteiger partial charge >= 0.3 is 0 Å². The molecule has 1 fully saturated rings. The van der Waals surface area contributed by atoms with E-state index >= 15 is 0 Å². The summed E-state index contributed by atoms with van der Waals surface area (Å²) in [6.45, 7) is 0. The highest BCUT2D eigenvalue weighted by Gasteiger charge is 2.43. The quantitative estimate of drug-likeness (QED) is 0.510. The van der Waals surface area contributed by atoms with Gasteiger partial charge in [0, 0.05) is 5.41 Å². The van der Waals surface area contributed by atoms with Crippen LogP contribution >= 0.6 is 0 Å². The van der Waals surface area contributed by atoms with Gasteiger partial charge in [-0.2, -0.15) is 0 Å². The third kappa shape index (κ3) is 6.93. The van der Waals surface area contributed by atoms with Crippen molar-refractivity contribution in [3.63, 3.8) is 0 Å². The molecule has 176 valence electrons. The Morgan fingerprint density at radius 1 is 0.500 bits per heavy atom. The Labute approximate surface area is 196 Å². The highest BCUT2D eigenvalue weighted by molar-refractivity contribution is 5.41. The maximum Gasteiger partial charge on any atom is 0.0935 e. The van der Waals surface area contributed by atoms with E-state index in [9.17, 15) is 10.2 Å². The van der Waals surface area contributed by atoms with Crippen molar-refractivity contribution in [3.8, 4) is 0 Å². The summed E-state index contributed by atoms with van der Waals surface area (Å²) < 4.78 is 0. The second-order valence-electron chi connectivity index (χ2n) is 9.85. The van der Waals surface area contributed by atoms with E-state index in [2.05, 4.69) is 48.5 Å². The Morgan fingerprint density at radius 3 is 1.31 bits per heavy atom. The number of rotatable bonds is 2. The van der Waals surface area contributed by atoms with E-state index in [4.69, 9.17) is 0 Å². The van der Waals surface area contributed by atoms with Crippen LogP contribution in [0.5, 0.6) is 0 Å². The Bertz CT molecular complexity index is 688. The average molecular weight is 437 g/mol. The van der Waals surface area contributed by atoms with Crippen LogP contribution in [0.2, 0.25) is 0 Å². The fourth-order valence-corrected chi connectivity index (χ4v) is 5.60. The number of aliphatic hydroxyl groups is 2. The minimum atomic E-state index is -0.814. The van der Waals surface area contributed by atoms with Crippen LogP contribution in [0.25, 0.3) is 0 Å². The van der Waals surface area contributed by atoms with E-state index in [0.29, 0.717) is 6.42 Å². The lowest BCUT2D eigenvalue weighted by Crippen LogP contribution is -2.47. The zero-order valence-corrected chi connectivity index (χ0v) is 19.9. The van der Waals surface area contributed by atoms with Crippen LogP contribution in [0.15, 0.2) is 60.7 Å². The molecule has 0 spiro atoms. The zero-order chi connectivity index (χ0) is 22.5. The molecule has 0 heterocycles. The molecule has 32 heavy (non-hydrogen) atoms. The minimum absolute atomic E-state index is 0.576. The monoisotopic (exact) mass is 436 g/mol. The first-order valence-electron chi connectivity index (χ1n) is 13.2. The van der Waals surface area contributed by atoms with Gasteiger partial charge < -0.3 is 10.2 Å². The predicted molar refractivity (Wildman–Crippen MR) is 135 cm³/mol. The number of hydrogen-bond acceptors (Lipinski definition) is 2. The smallest absolute Gasteiger partial charge is 0.0935 e. The normalized spacial score (nSPS) is 24.8. The summed E-state index contributed by atoms with van der Waals surface area (Å²) in [7, 11) is 0. The highest BCUT2D eigenvalue weighted by Crippen LogP contribution is 2.42. The SMILES string of the molecule is OC1CCCCCCCCCCCCCCCC(c2ccccc2)(c2ccccc2)C1O. The molecule has 1 saturated carbocycles. The van der Waals surface area contributed by atoms with Crippen molar-refractivity contribution in [3.05, 3.63) is 71.8 Å². The zero-order valence-electron chi connectivity index (χ0n) is 19.9. The molecule has 2 N–H and O–H groups in total. The molecule has 0 radical (unpaired) electrons. The second kappa shape index (κ2) is 13.8. The highest BCUT2D eigenvalue weighted by atomic mass is 16.3. The number of benzene rings is 2. The molecular formula is C30H44O2. The summed E-state index contributed by atoms with van der Waals surface area (Å²) >= 11 is 0. The summed E-state index contributed by atoms with van der Waals surface area (Å²) in [5, 5.41) is 22.9. The Balaban J connectivity index is 1.87. The lowest BCUT2D eigenvalue weighted by atomic mass is 9.65. The summed E-state index contributed by atoms with van der Waals surface area (Å²) in [5.74, 6) is 0. The third-order valence-electron chi connectivity index (χ3n) is 7.52. The number of aliphatic hydroxyl groups excluding tert-OH is 2. The van der Waals surface area contributed by atoms with E-state index in [1.807, 2.05) is 12.1 Å². The topological polar surface area (TPSA) is 40.5 Å². The molecule has 3 rings (SSSR count). The van der Waals surface area contributed by atoms with Crippen molar-refractivity contribution in [2.45, 2.75) is 114 Å². The van der Waals surface area contributed by atoms with E-state index in [1.165, 1.54) is 64.2 Å². The molecular weight excluding hydrogens is 392 g/mol. The van der Waals surface area contributed by atoms with Gasteiger partial charge in [0.1, 0.15) is 0 Å². The Hall–Kier alpha value is -1.64. The van der Waals surface area contributed by atoms with Crippen molar-refractivity contribution in [1.29, 1.82) is 0 Å². The van der Waals surface area contributed by atoms with E-state index in [1.54, 1.807) is 0 Å². The fraction of sp³-hybridized carbons (Fsp3) is 0.600. The van der Waals surface area contributed by atoms with Crippen molar-refractivity contribution in [2.75, 3.05) is 0 Å². The Morgan fingerprint density at radius 2 is 0.875 bits per heavy atom. The van der Waals surface area contributed by atoms with Gasteiger partial charge in [0.15, 0.2) is 0 Å². The Kier molecular flexibility index (Phi) is 10.8. The molecule has 1 aliphatic rings. The van der Waals surface area contributed by atoms with Crippen LogP contribution < -0.4 is 0 Å². The van der Waals surface area contributed by atoms with Gasteiger partial charge in [-0.3, -0.25) is 0 Å². The second-order valence-corrected chi connectivity index (χ2v) is 9.85. The van der Waals surface area contributed by atoms with Gasteiger partial charge in [-0.15, -0.1) is 0 Å². The standard InChI is InChI=1S/C30H44O2/c31-28-24-18-10-8-6-4-2-1-3-5-7-9-11-19-25-30(29(28)32,26-20-14-12-15-21-26)27-22-16-13-17-23-27/h12-17,20-23,28-29,31-32H,1-11,18-19,24-25H2. The van der Waals surface area contributed by atoms with Gasteiger partial charge in [0.2, 0.25) is 0 Å². The van der Waals surface area contributed by atoms with Crippen LogP contribution in [-0.2, 0) is 5.41 Å². The summed E-state index contributed by atoms with van der Waals surface area (Å²) in [6, 6.07) is 20.8. The lowest BCUT2D eigenvalue weighted by molar-refractivity contribution is -0.0286. The first-order valence-corrected chi connectivity index (χ1v) is 13.2. The lowest BCUT2D eigenvalue weighted by Gasteiger charge is -2.42. The minimum Gasteiger partial charge on any atom is -0.390 e. The molecule has 2 aromatic rings. The third-order valence-corrected chi connectivity index (χ3v) is 7.52. The molecule has 2 heteroatoms. The predicted octanol–water partition coefficient (Wildman–Crippen LogP) is 7.56. The summed E-state index contributed by atoms with van der Waals surface area (Å²) in [5.41, 5.74) is 1.66. The molecule has 2 atom stereocenters. The molecule has 0 amide bonds. The van der Waals surface area contributed by atoms with Gasteiger partial charge in [0.25, 0.3) is 0 Å². The first-order chi connectivity index (χ1) is 15.7. The van der Waals surface area contributed by atoms with Crippen molar-refractivity contribution >= 4 is 0 Å². The van der Waals surface area contributed by atoms with Gasteiger partial charge in [-0.1, -0.05) is 144 Å². The van der Waals surface area contributed by atoms with E-state index in [0.717, 1.165) is 36.8 Å². The maximum absolute atomic E-state index is 11.7. The van der Waals surface area contributed by atoms with Gasteiger partial charge in [0.05, 0.1) is 12.2 Å². The molecule has 0 saturated heterocycles. The first kappa shape index (κ1) is 25.0. The molecule has 1 aliphatic carbocycles. The van der Waals surface area contributed by atoms with Crippen LogP contribution in [0.1, 0.15) is 107 Å². The van der Waals surface area contributed by atoms with E-state index < -0.39 is 17.6 Å². The van der Waals surface area contributed by atoms with Crippen LogP contribution in [0.4, 0.5) is 0 Å². The average Bonchev–Trinajstić information content (AvgIpc) is 2.84. The fourth-order valence-electron chi connectivity index (χ4n) is 5.60. The largest absolute Gasteiger partial charge is 0.390 e. The molecule has 2 aromatic carbocycles. The van der Waals surface area contributed by atoms with Crippen molar-refractivity contribution in [2.24, 2.45) is 0 Å². The van der Waals surface area contributed by atoms with Crippen LogP contribution in [-0.4, -0.2) is 22.4 Å². The van der Waals surface area contributed by atoms with Crippen molar-refractivity contribution < 1.29 is 10.2 Å².